The standard InChI is InChI=1S/C6H10N2O/c1-4-3-7-5(2)8-6(4)9/h4H,3H2,1-2H3,(H,7,8,9). The van der Waals surface area contributed by atoms with Crippen LogP contribution in [-0.2, 0) is 4.79 Å². The van der Waals surface area contributed by atoms with Gasteiger partial charge in [-0.05, 0) is 6.92 Å². The minimum atomic E-state index is 0.0497. The number of amides is 1. The molecule has 1 aliphatic heterocycles. The number of rotatable bonds is 0. The second-order valence-electron chi connectivity index (χ2n) is 2.32. The number of aliphatic imine (C=N–C) groups is 1. The van der Waals surface area contributed by atoms with Crippen molar-refractivity contribution in [1.29, 1.82) is 0 Å². The van der Waals surface area contributed by atoms with Crippen LogP contribution in [0.25, 0.3) is 0 Å². The van der Waals surface area contributed by atoms with Gasteiger partial charge in [-0.3, -0.25) is 9.79 Å². The molecule has 1 N–H and O–H groups in total. The largest absolute Gasteiger partial charge is 0.314 e. The highest BCUT2D eigenvalue weighted by Crippen LogP contribution is 1.99. The molecule has 0 spiro atoms. The molecule has 9 heavy (non-hydrogen) atoms. The van der Waals surface area contributed by atoms with Crippen LogP contribution in [0.3, 0.4) is 0 Å². The predicted octanol–water partition coefficient (Wildman–Crippen LogP) is 0.171. The highest BCUT2D eigenvalue weighted by Gasteiger charge is 2.16. The summed E-state index contributed by atoms with van der Waals surface area (Å²) in [5, 5.41) is 2.64. The van der Waals surface area contributed by atoms with Crippen molar-refractivity contribution in [2.45, 2.75) is 13.8 Å². The molecule has 0 aromatic heterocycles. The molecule has 50 valence electrons. The lowest BCUT2D eigenvalue weighted by Crippen LogP contribution is -2.38. The molecule has 0 aliphatic carbocycles. The number of hydrogen-bond donors (Lipinski definition) is 1. The van der Waals surface area contributed by atoms with Crippen molar-refractivity contribution in [2.75, 3.05) is 6.54 Å². The third kappa shape index (κ3) is 1.28. The fourth-order valence-electron chi connectivity index (χ4n) is 0.698. The van der Waals surface area contributed by atoms with Gasteiger partial charge in [-0.2, -0.15) is 0 Å². The smallest absolute Gasteiger partial charge is 0.229 e. The SMILES string of the molecule is CC1=NCC(C)C(=O)N1. The van der Waals surface area contributed by atoms with Crippen LogP contribution < -0.4 is 5.32 Å². The Bertz CT molecular complexity index is 162. The lowest BCUT2D eigenvalue weighted by molar-refractivity contribution is -0.123. The van der Waals surface area contributed by atoms with Gasteiger partial charge < -0.3 is 5.32 Å². The van der Waals surface area contributed by atoms with E-state index in [0.717, 1.165) is 5.84 Å². The number of carbonyl (C=O) groups is 1. The molecule has 1 unspecified atom stereocenters. The Labute approximate surface area is 54.2 Å². The second-order valence-corrected chi connectivity index (χ2v) is 2.32. The normalized spacial score (nSPS) is 27.1. The van der Waals surface area contributed by atoms with Gasteiger partial charge in [0, 0.05) is 0 Å². The van der Waals surface area contributed by atoms with E-state index in [2.05, 4.69) is 10.3 Å². The molecule has 0 radical (unpaired) electrons. The van der Waals surface area contributed by atoms with E-state index in [1.807, 2.05) is 6.92 Å². The van der Waals surface area contributed by atoms with Gasteiger partial charge in [-0.15, -0.1) is 0 Å². The first kappa shape index (κ1) is 6.26. The molecule has 0 aromatic rings. The highest BCUT2D eigenvalue weighted by molar-refractivity contribution is 5.99. The topological polar surface area (TPSA) is 41.5 Å². The molecule has 0 fully saturated rings. The summed E-state index contributed by atoms with van der Waals surface area (Å²) in [5.41, 5.74) is 0. The molecule has 3 nitrogen and oxygen atoms in total. The van der Waals surface area contributed by atoms with Gasteiger partial charge in [0.05, 0.1) is 18.3 Å². The lowest BCUT2D eigenvalue weighted by Gasteiger charge is -2.14. The highest BCUT2D eigenvalue weighted by atomic mass is 16.2. The quantitative estimate of drug-likeness (QED) is 0.494. The van der Waals surface area contributed by atoms with Crippen molar-refractivity contribution in [3.63, 3.8) is 0 Å². The minimum absolute atomic E-state index is 0.0497. The molecule has 0 saturated carbocycles. The molecule has 3 heteroatoms. The number of nitrogens with one attached hydrogen (secondary N) is 1. The first-order valence-electron chi connectivity index (χ1n) is 3.02. The van der Waals surface area contributed by atoms with Gasteiger partial charge in [-0.25, -0.2) is 0 Å². The summed E-state index contributed by atoms with van der Waals surface area (Å²) >= 11 is 0. The fraction of sp³-hybridized carbons (Fsp3) is 0.667. The maximum Gasteiger partial charge on any atom is 0.229 e. The van der Waals surface area contributed by atoms with Crippen LogP contribution in [0.5, 0.6) is 0 Å². The maximum atomic E-state index is 10.8. The van der Waals surface area contributed by atoms with Crippen LogP contribution in [0.15, 0.2) is 4.99 Å². The summed E-state index contributed by atoms with van der Waals surface area (Å²) in [4.78, 5) is 14.9. The van der Waals surface area contributed by atoms with Crippen molar-refractivity contribution < 1.29 is 4.79 Å². The molecule has 0 saturated heterocycles. The monoisotopic (exact) mass is 126 g/mol. The zero-order valence-corrected chi connectivity index (χ0v) is 5.64. The molecule has 1 aliphatic rings. The molecule has 0 bridgehead atoms. The average Bonchev–Trinajstić information content (AvgIpc) is 1.80. The van der Waals surface area contributed by atoms with E-state index in [1.54, 1.807) is 6.92 Å². The third-order valence-corrected chi connectivity index (χ3v) is 1.35. The van der Waals surface area contributed by atoms with Crippen LogP contribution in [0.1, 0.15) is 13.8 Å². The lowest BCUT2D eigenvalue weighted by atomic mass is 10.1. The first-order chi connectivity index (χ1) is 4.20. The van der Waals surface area contributed by atoms with Gasteiger partial charge in [0.15, 0.2) is 0 Å². The zero-order chi connectivity index (χ0) is 6.85. The van der Waals surface area contributed by atoms with Crippen molar-refractivity contribution >= 4 is 11.7 Å². The number of carbonyl (C=O) groups excluding carboxylic acids is 1. The molecular formula is C6H10N2O. The van der Waals surface area contributed by atoms with E-state index >= 15 is 0 Å². The van der Waals surface area contributed by atoms with Crippen LogP contribution in [0, 0.1) is 5.92 Å². The van der Waals surface area contributed by atoms with Gasteiger partial charge in [0.1, 0.15) is 0 Å². The first-order valence-corrected chi connectivity index (χ1v) is 3.02. The van der Waals surface area contributed by atoms with Crippen LogP contribution in [-0.4, -0.2) is 18.3 Å². The molecule has 1 amide bonds. The van der Waals surface area contributed by atoms with E-state index in [9.17, 15) is 4.79 Å². The van der Waals surface area contributed by atoms with E-state index in [4.69, 9.17) is 0 Å². The maximum absolute atomic E-state index is 10.8. The predicted molar refractivity (Wildman–Crippen MR) is 35.3 cm³/mol. The van der Waals surface area contributed by atoms with Gasteiger partial charge in [0.25, 0.3) is 0 Å². The van der Waals surface area contributed by atoms with Crippen LogP contribution in [0.2, 0.25) is 0 Å². The van der Waals surface area contributed by atoms with Gasteiger partial charge in [0.2, 0.25) is 5.91 Å². The molecule has 1 atom stereocenters. The summed E-state index contributed by atoms with van der Waals surface area (Å²) in [5.74, 6) is 0.870. The Kier molecular flexibility index (Phi) is 1.51. The van der Waals surface area contributed by atoms with E-state index in [-0.39, 0.29) is 11.8 Å². The average molecular weight is 126 g/mol. The Balaban J connectivity index is 2.65. The third-order valence-electron chi connectivity index (χ3n) is 1.35. The van der Waals surface area contributed by atoms with E-state index in [1.165, 1.54) is 0 Å². The summed E-state index contributed by atoms with van der Waals surface area (Å²) in [6.07, 6.45) is 0. The fourth-order valence-corrected chi connectivity index (χ4v) is 0.698. The molecule has 1 heterocycles. The van der Waals surface area contributed by atoms with Crippen molar-refractivity contribution in [3.8, 4) is 0 Å². The van der Waals surface area contributed by atoms with Gasteiger partial charge in [-0.1, -0.05) is 6.92 Å². The van der Waals surface area contributed by atoms with Crippen molar-refractivity contribution in [2.24, 2.45) is 10.9 Å². The van der Waals surface area contributed by atoms with Crippen molar-refractivity contribution in [3.05, 3.63) is 0 Å². The number of amidine groups is 1. The summed E-state index contributed by atoms with van der Waals surface area (Å²) in [7, 11) is 0. The van der Waals surface area contributed by atoms with Gasteiger partial charge >= 0.3 is 0 Å². The summed E-state index contributed by atoms with van der Waals surface area (Å²) in [6, 6.07) is 0. The van der Waals surface area contributed by atoms with Crippen LogP contribution >= 0.6 is 0 Å². The van der Waals surface area contributed by atoms with E-state index in [0.29, 0.717) is 6.54 Å². The minimum Gasteiger partial charge on any atom is -0.314 e. The summed E-state index contributed by atoms with van der Waals surface area (Å²) < 4.78 is 0. The second kappa shape index (κ2) is 2.17. The molecule has 0 aromatic carbocycles. The molecular weight excluding hydrogens is 116 g/mol. The Morgan fingerprint density at radius 2 is 2.44 bits per heavy atom. The Morgan fingerprint density at radius 1 is 1.78 bits per heavy atom. The Morgan fingerprint density at radius 3 is 2.89 bits per heavy atom. The number of hydrogen-bond acceptors (Lipinski definition) is 2. The van der Waals surface area contributed by atoms with E-state index < -0.39 is 0 Å². The molecule has 1 rings (SSSR count). The van der Waals surface area contributed by atoms with Crippen molar-refractivity contribution in [1.82, 2.24) is 5.32 Å². The number of nitrogens with zero attached hydrogens (tertiary/aromatic N) is 1. The Hall–Kier alpha value is -0.860. The summed E-state index contributed by atoms with van der Waals surface area (Å²) in [6.45, 7) is 4.30. The zero-order valence-electron chi connectivity index (χ0n) is 5.64. The van der Waals surface area contributed by atoms with Crippen LogP contribution in [0.4, 0.5) is 0 Å².